The average molecular weight is 170 g/mol. The third-order valence-corrected chi connectivity index (χ3v) is 1.57. The van der Waals surface area contributed by atoms with Crippen molar-refractivity contribution in [2.75, 3.05) is 7.11 Å². The van der Waals surface area contributed by atoms with E-state index < -0.39 is 12.0 Å². The SMILES string of the molecule is COc1cnn(C(C)C(=O)O)c1. The number of carboxylic acid groups (broad SMARTS) is 1. The molecular formula is C7H10N2O3. The van der Waals surface area contributed by atoms with Crippen molar-refractivity contribution in [2.24, 2.45) is 0 Å². The zero-order valence-corrected chi connectivity index (χ0v) is 6.89. The first-order valence-electron chi connectivity index (χ1n) is 3.46. The molecule has 1 atom stereocenters. The summed E-state index contributed by atoms with van der Waals surface area (Å²) in [5.74, 6) is -0.358. The Balaban J connectivity index is 2.81. The highest BCUT2D eigenvalue weighted by Crippen LogP contribution is 2.11. The van der Waals surface area contributed by atoms with E-state index in [2.05, 4.69) is 5.10 Å². The minimum atomic E-state index is -0.916. The summed E-state index contributed by atoms with van der Waals surface area (Å²) in [6.07, 6.45) is 3.01. The van der Waals surface area contributed by atoms with Crippen molar-refractivity contribution < 1.29 is 14.6 Å². The van der Waals surface area contributed by atoms with Crippen LogP contribution in [-0.4, -0.2) is 28.0 Å². The molecule has 1 unspecified atom stereocenters. The number of methoxy groups -OCH3 is 1. The molecule has 0 fully saturated rings. The Morgan fingerprint density at radius 1 is 1.83 bits per heavy atom. The number of aliphatic carboxylic acids is 1. The number of carbonyl (C=O) groups is 1. The number of carboxylic acids is 1. The van der Waals surface area contributed by atoms with E-state index in [1.54, 1.807) is 13.1 Å². The van der Waals surface area contributed by atoms with Crippen molar-refractivity contribution in [3.63, 3.8) is 0 Å². The predicted molar refractivity (Wildman–Crippen MR) is 41.1 cm³/mol. The van der Waals surface area contributed by atoms with E-state index >= 15 is 0 Å². The molecule has 0 saturated heterocycles. The van der Waals surface area contributed by atoms with Crippen LogP contribution in [0.15, 0.2) is 12.4 Å². The number of nitrogens with zero attached hydrogens (tertiary/aromatic N) is 2. The molecule has 0 bridgehead atoms. The smallest absolute Gasteiger partial charge is 0.328 e. The van der Waals surface area contributed by atoms with Crippen molar-refractivity contribution in [3.8, 4) is 5.75 Å². The molecule has 0 aromatic carbocycles. The lowest BCUT2D eigenvalue weighted by Gasteiger charge is -2.04. The lowest BCUT2D eigenvalue weighted by molar-refractivity contribution is -0.140. The second-order valence-corrected chi connectivity index (χ2v) is 2.37. The Morgan fingerprint density at radius 3 is 2.92 bits per heavy atom. The third kappa shape index (κ3) is 1.55. The normalized spacial score (nSPS) is 12.5. The predicted octanol–water partition coefficient (Wildman–Crippen LogP) is 0.537. The third-order valence-electron chi connectivity index (χ3n) is 1.57. The summed E-state index contributed by atoms with van der Waals surface area (Å²) in [6.45, 7) is 1.55. The monoisotopic (exact) mass is 170 g/mol. The van der Waals surface area contributed by atoms with Crippen molar-refractivity contribution >= 4 is 5.97 Å². The van der Waals surface area contributed by atoms with E-state index in [1.807, 2.05) is 0 Å². The second kappa shape index (κ2) is 3.25. The van der Waals surface area contributed by atoms with Crippen LogP contribution in [0.3, 0.4) is 0 Å². The van der Waals surface area contributed by atoms with Crippen LogP contribution >= 0.6 is 0 Å². The van der Waals surface area contributed by atoms with Gasteiger partial charge in [-0.25, -0.2) is 4.79 Å². The van der Waals surface area contributed by atoms with Crippen LogP contribution in [0.25, 0.3) is 0 Å². The molecule has 1 rings (SSSR count). The van der Waals surface area contributed by atoms with Crippen LogP contribution < -0.4 is 4.74 Å². The lowest BCUT2D eigenvalue weighted by Crippen LogP contribution is -2.15. The number of aromatic nitrogens is 2. The molecule has 0 saturated carbocycles. The number of rotatable bonds is 3. The van der Waals surface area contributed by atoms with Gasteiger partial charge in [-0.2, -0.15) is 5.10 Å². The largest absolute Gasteiger partial charge is 0.493 e. The zero-order chi connectivity index (χ0) is 9.14. The van der Waals surface area contributed by atoms with Crippen LogP contribution in [0.1, 0.15) is 13.0 Å². The first-order valence-corrected chi connectivity index (χ1v) is 3.46. The van der Waals surface area contributed by atoms with Crippen molar-refractivity contribution in [1.82, 2.24) is 9.78 Å². The van der Waals surface area contributed by atoms with Gasteiger partial charge in [0.15, 0.2) is 5.75 Å². The molecule has 66 valence electrons. The molecule has 1 heterocycles. The van der Waals surface area contributed by atoms with Crippen molar-refractivity contribution in [1.29, 1.82) is 0 Å². The molecule has 0 spiro atoms. The fraction of sp³-hybridized carbons (Fsp3) is 0.429. The van der Waals surface area contributed by atoms with Crippen LogP contribution in [0.5, 0.6) is 5.75 Å². The maximum atomic E-state index is 10.5. The van der Waals surface area contributed by atoms with E-state index in [4.69, 9.17) is 9.84 Å². The fourth-order valence-corrected chi connectivity index (χ4v) is 0.751. The van der Waals surface area contributed by atoms with E-state index in [-0.39, 0.29) is 0 Å². The Bertz CT molecular complexity index is 282. The van der Waals surface area contributed by atoms with Gasteiger partial charge in [-0.05, 0) is 6.92 Å². The number of hydrogen-bond donors (Lipinski definition) is 1. The van der Waals surface area contributed by atoms with Gasteiger partial charge in [0.05, 0.1) is 19.5 Å². The maximum absolute atomic E-state index is 10.5. The van der Waals surface area contributed by atoms with E-state index in [1.165, 1.54) is 18.0 Å². The minimum absolute atomic E-state index is 0.558. The summed E-state index contributed by atoms with van der Waals surface area (Å²) in [5.41, 5.74) is 0. The highest BCUT2D eigenvalue weighted by Gasteiger charge is 2.13. The Morgan fingerprint density at radius 2 is 2.50 bits per heavy atom. The Kier molecular flexibility index (Phi) is 2.32. The van der Waals surface area contributed by atoms with Gasteiger partial charge in [0.2, 0.25) is 0 Å². The van der Waals surface area contributed by atoms with Crippen molar-refractivity contribution in [3.05, 3.63) is 12.4 Å². The van der Waals surface area contributed by atoms with Gasteiger partial charge in [0, 0.05) is 0 Å². The summed E-state index contributed by atoms with van der Waals surface area (Å²) in [7, 11) is 1.51. The number of hydrogen-bond acceptors (Lipinski definition) is 3. The van der Waals surface area contributed by atoms with Crippen molar-refractivity contribution in [2.45, 2.75) is 13.0 Å². The van der Waals surface area contributed by atoms with Crippen LogP contribution in [0, 0.1) is 0 Å². The topological polar surface area (TPSA) is 64.4 Å². The summed E-state index contributed by atoms with van der Waals surface area (Å²) in [5, 5.41) is 12.4. The van der Waals surface area contributed by atoms with E-state index in [0.717, 1.165) is 0 Å². The maximum Gasteiger partial charge on any atom is 0.328 e. The average Bonchev–Trinajstić information content (AvgIpc) is 2.50. The number of ether oxygens (including phenoxy) is 1. The first kappa shape index (κ1) is 8.58. The highest BCUT2D eigenvalue weighted by atomic mass is 16.5. The molecule has 0 aliphatic carbocycles. The summed E-state index contributed by atoms with van der Waals surface area (Å²) in [4.78, 5) is 10.5. The van der Waals surface area contributed by atoms with Gasteiger partial charge in [0.1, 0.15) is 6.04 Å². The van der Waals surface area contributed by atoms with E-state index in [9.17, 15) is 4.79 Å². The van der Waals surface area contributed by atoms with Gasteiger partial charge in [0.25, 0.3) is 0 Å². The highest BCUT2D eigenvalue weighted by molar-refractivity contribution is 5.71. The van der Waals surface area contributed by atoms with Gasteiger partial charge in [-0.1, -0.05) is 0 Å². The van der Waals surface area contributed by atoms with Crippen LogP contribution in [0.4, 0.5) is 0 Å². The molecule has 0 aliphatic rings. The molecular weight excluding hydrogens is 160 g/mol. The molecule has 1 aromatic heterocycles. The standard InChI is InChI=1S/C7H10N2O3/c1-5(7(10)11)9-4-6(12-2)3-8-9/h3-5H,1-2H3,(H,10,11). The molecule has 12 heavy (non-hydrogen) atoms. The van der Waals surface area contributed by atoms with Gasteiger partial charge in [-0.15, -0.1) is 0 Å². The fourth-order valence-electron chi connectivity index (χ4n) is 0.751. The van der Waals surface area contributed by atoms with Gasteiger partial charge < -0.3 is 9.84 Å². The molecule has 5 nitrogen and oxygen atoms in total. The zero-order valence-electron chi connectivity index (χ0n) is 6.89. The molecule has 1 N–H and O–H groups in total. The van der Waals surface area contributed by atoms with Gasteiger partial charge >= 0.3 is 5.97 Å². The summed E-state index contributed by atoms with van der Waals surface area (Å²) >= 11 is 0. The van der Waals surface area contributed by atoms with Gasteiger partial charge in [-0.3, -0.25) is 4.68 Å². The summed E-state index contributed by atoms with van der Waals surface area (Å²) < 4.78 is 6.18. The molecule has 0 amide bonds. The second-order valence-electron chi connectivity index (χ2n) is 2.37. The molecule has 0 radical (unpaired) electrons. The van der Waals surface area contributed by atoms with Crippen LogP contribution in [0.2, 0.25) is 0 Å². The van der Waals surface area contributed by atoms with E-state index in [0.29, 0.717) is 5.75 Å². The molecule has 5 heteroatoms. The van der Waals surface area contributed by atoms with Crippen LogP contribution in [-0.2, 0) is 4.79 Å². The Labute approximate surface area is 69.6 Å². The quantitative estimate of drug-likeness (QED) is 0.718. The Hall–Kier alpha value is -1.52. The lowest BCUT2D eigenvalue weighted by atomic mass is 10.3. The molecule has 1 aromatic rings. The first-order chi connectivity index (χ1) is 5.65. The summed E-state index contributed by atoms with van der Waals surface area (Å²) in [6, 6.07) is -0.658. The minimum Gasteiger partial charge on any atom is -0.493 e. The molecule has 0 aliphatic heterocycles.